The number of hydrogen-bond donors (Lipinski definition) is 1. The minimum Gasteiger partial charge on any atom is -0.307 e. The van der Waals surface area contributed by atoms with Crippen LogP contribution in [0.4, 0.5) is 0 Å². The lowest BCUT2D eigenvalue weighted by molar-refractivity contribution is 0.661. The molecule has 0 saturated carbocycles. The van der Waals surface area contributed by atoms with Gasteiger partial charge in [-0.3, -0.25) is 4.98 Å². The van der Waals surface area contributed by atoms with E-state index >= 15 is 0 Å². The van der Waals surface area contributed by atoms with Crippen molar-refractivity contribution in [2.45, 2.75) is 20.0 Å². The molecule has 0 aliphatic heterocycles. The fourth-order valence-corrected chi connectivity index (χ4v) is 2.00. The molecular weight excluding hydrogens is 262 g/mol. The van der Waals surface area contributed by atoms with E-state index in [1.165, 1.54) is 0 Å². The van der Waals surface area contributed by atoms with Gasteiger partial charge >= 0.3 is 0 Å². The highest BCUT2D eigenvalue weighted by molar-refractivity contribution is 5.28. The standard InChI is InChI=1S/C16H17N5/c1-13-7-8-14(10-18-13)9-17-11-15-12-19-21(20-15)16-5-3-2-4-6-16/h2-8,10,12,17H,9,11H2,1H3. The highest BCUT2D eigenvalue weighted by Gasteiger charge is 2.02. The van der Waals surface area contributed by atoms with Gasteiger partial charge in [0.15, 0.2) is 0 Å². The molecular formula is C16H17N5. The third-order valence-corrected chi connectivity index (χ3v) is 3.13. The van der Waals surface area contributed by atoms with Crippen LogP contribution in [-0.4, -0.2) is 20.0 Å². The van der Waals surface area contributed by atoms with Gasteiger partial charge in [-0.2, -0.15) is 15.0 Å². The van der Waals surface area contributed by atoms with E-state index in [9.17, 15) is 0 Å². The maximum atomic E-state index is 4.45. The van der Waals surface area contributed by atoms with Crippen molar-refractivity contribution in [1.29, 1.82) is 0 Å². The number of para-hydroxylation sites is 1. The fraction of sp³-hybridized carbons (Fsp3) is 0.188. The van der Waals surface area contributed by atoms with Gasteiger partial charge in [0.2, 0.25) is 0 Å². The summed E-state index contributed by atoms with van der Waals surface area (Å²) in [6, 6.07) is 14.0. The Balaban J connectivity index is 1.57. The van der Waals surface area contributed by atoms with E-state index in [-0.39, 0.29) is 0 Å². The molecule has 0 saturated heterocycles. The zero-order valence-electron chi connectivity index (χ0n) is 11.9. The molecule has 0 radical (unpaired) electrons. The fourth-order valence-electron chi connectivity index (χ4n) is 2.00. The Morgan fingerprint density at radius 2 is 1.86 bits per heavy atom. The van der Waals surface area contributed by atoms with Crippen molar-refractivity contribution >= 4 is 0 Å². The summed E-state index contributed by atoms with van der Waals surface area (Å²) in [5.74, 6) is 0. The highest BCUT2D eigenvalue weighted by atomic mass is 15.5. The van der Waals surface area contributed by atoms with Crippen LogP contribution in [0.2, 0.25) is 0 Å². The van der Waals surface area contributed by atoms with E-state index in [1.54, 1.807) is 11.0 Å². The van der Waals surface area contributed by atoms with Gasteiger partial charge < -0.3 is 5.32 Å². The lowest BCUT2D eigenvalue weighted by Crippen LogP contribution is -2.13. The third-order valence-electron chi connectivity index (χ3n) is 3.13. The van der Waals surface area contributed by atoms with Gasteiger partial charge in [-0.25, -0.2) is 0 Å². The molecule has 2 aromatic heterocycles. The van der Waals surface area contributed by atoms with Crippen LogP contribution in [0.15, 0.2) is 54.9 Å². The second-order valence-electron chi connectivity index (χ2n) is 4.87. The number of rotatable bonds is 5. The van der Waals surface area contributed by atoms with Gasteiger partial charge in [-0.05, 0) is 30.7 Å². The van der Waals surface area contributed by atoms with E-state index < -0.39 is 0 Å². The normalized spacial score (nSPS) is 10.7. The number of benzene rings is 1. The van der Waals surface area contributed by atoms with E-state index in [0.717, 1.165) is 29.2 Å². The smallest absolute Gasteiger partial charge is 0.0969 e. The van der Waals surface area contributed by atoms with E-state index in [1.807, 2.05) is 49.5 Å². The molecule has 1 aromatic carbocycles. The van der Waals surface area contributed by atoms with E-state index in [4.69, 9.17) is 0 Å². The van der Waals surface area contributed by atoms with Crippen LogP contribution < -0.4 is 5.32 Å². The molecule has 5 nitrogen and oxygen atoms in total. The Kier molecular flexibility index (Phi) is 4.02. The Bertz CT molecular complexity index is 688. The quantitative estimate of drug-likeness (QED) is 0.778. The second-order valence-corrected chi connectivity index (χ2v) is 4.87. The molecule has 0 aliphatic rings. The first kappa shape index (κ1) is 13.5. The molecule has 21 heavy (non-hydrogen) atoms. The van der Waals surface area contributed by atoms with Crippen molar-refractivity contribution in [3.63, 3.8) is 0 Å². The van der Waals surface area contributed by atoms with Crippen LogP contribution in [0, 0.1) is 6.92 Å². The van der Waals surface area contributed by atoms with Crippen molar-refractivity contribution < 1.29 is 0 Å². The van der Waals surface area contributed by atoms with E-state index in [0.29, 0.717) is 6.54 Å². The molecule has 3 rings (SSSR count). The average Bonchev–Trinajstić information content (AvgIpc) is 2.99. The predicted molar refractivity (Wildman–Crippen MR) is 80.9 cm³/mol. The molecule has 2 heterocycles. The minimum atomic E-state index is 0.681. The lowest BCUT2D eigenvalue weighted by atomic mass is 10.2. The second kappa shape index (κ2) is 6.28. The Labute approximate surface area is 123 Å². The molecule has 3 aromatic rings. The molecule has 1 N–H and O–H groups in total. The topological polar surface area (TPSA) is 55.6 Å². The van der Waals surface area contributed by atoms with Gasteiger partial charge in [0, 0.05) is 25.0 Å². The minimum absolute atomic E-state index is 0.681. The molecule has 106 valence electrons. The van der Waals surface area contributed by atoms with Gasteiger partial charge in [-0.1, -0.05) is 24.3 Å². The summed E-state index contributed by atoms with van der Waals surface area (Å²) in [7, 11) is 0. The first-order chi connectivity index (χ1) is 10.3. The molecule has 0 fully saturated rings. The number of pyridine rings is 1. The summed E-state index contributed by atoms with van der Waals surface area (Å²) in [6.07, 6.45) is 3.68. The van der Waals surface area contributed by atoms with Crippen molar-refractivity contribution in [3.8, 4) is 5.69 Å². The number of aromatic nitrogens is 4. The molecule has 5 heteroatoms. The number of hydrogen-bond acceptors (Lipinski definition) is 4. The Morgan fingerprint density at radius 3 is 2.62 bits per heavy atom. The predicted octanol–water partition coefficient (Wildman–Crippen LogP) is 2.26. The molecule has 0 spiro atoms. The lowest BCUT2D eigenvalue weighted by Gasteiger charge is -2.02. The van der Waals surface area contributed by atoms with Crippen LogP contribution in [0.1, 0.15) is 17.0 Å². The highest BCUT2D eigenvalue weighted by Crippen LogP contribution is 2.04. The summed E-state index contributed by atoms with van der Waals surface area (Å²) in [6.45, 7) is 3.44. The van der Waals surface area contributed by atoms with Crippen molar-refractivity contribution in [3.05, 3.63) is 71.8 Å². The van der Waals surface area contributed by atoms with Crippen LogP contribution >= 0.6 is 0 Å². The SMILES string of the molecule is Cc1ccc(CNCc2cnn(-c3ccccc3)n2)cn1. The largest absolute Gasteiger partial charge is 0.307 e. The maximum absolute atomic E-state index is 4.45. The summed E-state index contributed by atoms with van der Waals surface area (Å²) in [5, 5.41) is 12.1. The van der Waals surface area contributed by atoms with Crippen molar-refractivity contribution in [1.82, 2.24) is 25.3 Å². The molecule has 0 aliphatic carbocycles. The summed E-state index contributed by atoms with van der Waals surface area (Å²) >= 11 is 0. The van der Waals surface area contributed by atoms with Gasteiger partial charge in [0.05, 0.1) is 17.6 Å². The van der Waals surface area contributed by atoms with Crippen LogP contribution in [0.5, 0.6) is 0 Å². The number of aryl methyl sites for hydroxylation is 1. The van der Waals surface area contributed by atoms with Gasteiger partial charge in [0.25, 0.3) is 0 Å². The van der Waals surface area contributed by atoms with Crippen molar-refractivity contribution in [2.24, 2.45) is 0 Å². The first-order valence-electron chi connectivity index (χ1n) is 6.90. The summed E-state index contributed by atoms with van der Waals surface area (Å²) < 4.78 is 0. The van der Waals surface area contributed by atoms with Gasteiger partial charge in [0.1, 0.15) is 0 Å². The molecule has 0 amide bonds. The zero-order valence-corrected chi connectivity index (χ0v) is 11.9. The van der Waals surface area contributed by atoms with Crippen molar-refractivity contribution in [2.75, 3.05) is 0 Å². The zero-order chi connectivity index (χ0) is 14.5. The average molecular weight is 279 g/mol. The van der Waals surface area contributed by atoms with Crippen LogP contribution in [0.25, 0.3) is 5.69 Å². The van der Waals surface area contributed by atoms with Crippen LogP contribution in [-0.2, 0) is 13.1 Å². The molecule has 0 unspecified atom stereocenters. The Morgan fingerprint density at radius 1 is 1.00 bits per heavy atom. The Hall–Kier alpha value is -2.53. The summed E-state index contributed by atoms with van der Waals surface area (Å²) in [5.41, 5.74) is 4.08. The monoisotopic (exact) mass is 279 g/mol. The molecule has 0 atom stereocenters. The van der Waals surface area contributed by atoms with E-state index in [2.05, 4.69) is 26.6 Å². The molecule has 0 bridgehead atoms. The first-order valence-corrected chi connectivity index (χ1v) is 6.90. The number of nitrogens with one attached hydrogen (secondary N) is 1. The maximum Gasteiger partial charge on any atom is 0.0969 e. The number of nitrogens with zero attached hydrogens (tertiary/aromatic N) is 4. The third kappa shape index (κ3) is 3.52. The van der Waals surface area contributed by atoms with Gasteiger partial charge in [-0.15, -0.1) is 0 Å². The van der Waals surface area contributed by atoms with Crippen LogP contribution in [0.3, 0.4) is 0 Å². The summed E-state index contributed by atoms with van der Waals surface area (Å²) in [4.78, 5) is 5.92.